The van der Waals surface area contributed by atoms with Crippen LogP contribution in [0.2, 0.25) is 0 Å². The molecule has 0 fully saturated rings. The number of hydrazone groups is 1. The average molecular weight is 520 g/mol. The maximum absolute atomic E-state index is 12.5. The number of thioether (sulfide) groups is 1. The van der Waals surface area contributed by atoms with Crippen LogP contribution in [-0.4, -0.2) is 32.1 Å². The molecule has 0 spiro atoms. The number of nitrogens with one attached hydrogen (secondary N) is 1. The predicted molar refractivity (Wildman–Crippen MR) is 137 cm³/mol. The Hall–Kier alpha value is -3.23. The van der Waals surface area contributed by atoms with Crippen LogP contribution in [0.1, 0.15) is 18.1 Å². The van der Waals surface area contributed by atoms with E-state index in [4.69, 9.17) is 0 Å². The molecular weight excluding hydrogens is 498 g/mol. The first-order chi connectivity index (χ1) is 16.0. The van der Waals surface area contributed by atoms with E-state index in [0.717, 1.165) is 32.8 Å². The third kappa shape index (κ3) is 5.77. The Kier molecular flexibility index (Phi) is 7.36. The second-order valence-electron chi connectivity index (χ2n) is 7.37. The summed E-state index contributed by atoms with van der Waals surface area (Å²) in [7, 11) is 0. The second kappa shape index (κ2) is 10.6. The largest absolute Gasteiger partial charge is 0.272 e. The van der Waals surface area contributed by atoms with Gasteiger partial charge in [-0.15, -0.1) is 10.2 Å². The van der Waals surface area contributed by atoms with E-state index in [1.807, 2.05) is 97.3 Å². The maximum atomic E-state index is 12.5. The molecule has 1 N–H and O–H groups in total. The van der Waals surface area contributed by atoms with Crippen LogP contribution >= 0.6 is 27.7 Å². The molecule has 0 unspecified atom stereocenters. The number of para-hydroxylation sites is 1. The van der Waals surface area contributed by atoms with Crippen LogP contribution in [0.4, 0.5) is 0 Å². The third-order valence-electron chi connectivity index (χ3n) is 4.88. The van der Waals surface area contributed by atoms with Crippen molar-refractivity contribution >= 4 is 39.3 Å². The highest BCUT2D eigenvalue weighted by molar-refractivity contribution is 9.10. The van der Waals surface area contributed by atoms with E-state index in [0.29, 0.717) is 5.16 Å². The first-order valence-electron chi connectivity index (χ1n) is 10.3. The number of aromatic nitrogens is 3. The van der Waals surface area contributed by atoms with Crippen molar-refractivity contribution in [2.24, 2.45) is 5.10 Å². The Labute approximate surface area is 205 Å². The zero-order valence-corrected chi connectivity index (χ0v) is 20.6. The Balaban J connectivity index is 1.51. The van der Waals surface area contributed by atoms with Gasteiger partial charge in [-0.05, 0) is 43.7 Å². The highest BCUT2D eigenvalue weighted by atomic mass is 79.9. The van der Waals surface area contributed by atoms with Crippen molar-refractivity contribution in [1.82, 2.24) is 20.2 Å². The number of aryl methyl sites for hydroxylation is 1. The zero-order valence-electron chi connectivity index (χ0n) is 18.2. The molecule has 4 rings (SSSR count). The van der Waals surface area contributed by atoms with Gasteiger partial charge in [0.1, 0.15) is 0 Å². The van der Waals surface area contributed by atoms with E-state index in [9.17, 15) is 4.79 Å². The standard InChI is InChI=1S/C25H22BrN5OS/c1-17-11-13-19(14-12-17)24-29-30-25(31(24)22-9-4-3-5-10-22)33-16-23(32)28-27-18(2)20-7-6-8-21(26)15-20/h3-15H,16H2,1-2H3,(H,28,32)/b27-18+. The fraction of sp³-hybridized carbons (Fsp3) is 0.120. The minimum atomic E-state index is -0.214. The summed E-state index contributed by atoms with van der Waals surface area (Å²) in [5, 5.41) is 13.7. The van der Waals surface area contributed by atoms with E-state index < -0.39 is 0 Å². The van der Waals surface area contributed by atoms with Crippen molar-refractivity contribution in [3.8, 4) is 17.1 Å². The molecule has 1 aromatic heterocycles. The number of carbonyl (C=O) groups is 1. The number of carbonyl (C=O) groups excluding carboxylic acids is 1. The summed E-state index contributed by atoms with van der Waals surface area (Å²) < 4.78 is 2.93. The molecule has 4 aromatic rings. The van der Waals surface area contributed by atoms with Gasteiger partial charge in [0.15, 0.2) is 11.0 Å². The molecular formula is C25H22BrN5OS. The first kappa shape index (κ1) is 22.9. The molecule has 0 saturated heterocycles. The zero-order chi connectivity index (χ0) is 23.2. The van der Waals surface area contributed by atoms with E-state index >= 15 is 0 Å². The number of benzene rings is 3. The summed E-state index contributed by atoms with van der Waals surface area (Å²) in [6, 6.07) is 25.8. The topological polar surface area (TPSA) is 72.2 Å². The molecule has 0 aliphatic carbocycles. The third-order valence-corrected chi connectivity index (χ3v) is 6.30. The van der Waals surface area contributed by atoms with Crippen molar-refractivity contribution in [3.05, 3.63) is 94.5 Å². The van der Waals surface area contributed by atoms with E-state index in [1.54, 1.807) is 0 Å². The summed E-state index contributed by atoms with van der Waals surface area (Å²) in [5.74, 6) is 0.676. The molecule has 0 bridgehead atoms. The van der Waals surface area contributed by atoms with Crippen LogP contribution in [0.25, 0.3) is 17.1 Å². The highest BCUT2D eigenvalue weighted by Gasteiger charge is 2.17. The summed E-state index contributed by atoms with van der Waals surface area (Å²) >= 11 is 4.77. The smallest absolute Gasteiger partial charge is 0.250 e. The Morgan fingerprint density at radius 1 is 1.03 bits per heavy atom. The van der Waals surface area contributed by atoms with Crippen LogP contribution in [0.3, 0.4) is 0 Å². The molecule has 3 aromatic carbocycles. The van der Waals surface area contributed by atoms with Gasteiger partial charge in [-0.2, -0.15) is 5.10 Å². The molecule has 0 saturated carbocycles. The molecule has 33 heavy (non-hydrogen) atoms. The van der Waals surface area contributed by atoms with Crippen molar-refractivity contribution in [2.45, 2.75) is 19.0 Å². The fourth-order valence-corrected chi connectivity index (χ4v) is 4.29. The molecule has 8 heteroatoms. The molecule has 0 aliphatic rings. The van der Waals surface area contributed by atoms with Crippen LogP contribution in [-0.2, 0) is 4.79 Å². The Morgan fingerprint density at radius 2 is 1.79 bits per heavy atom. The molecule has 1 amide bonds. The predicted octanol–water partition coefficient (Wildman–Crippen LogP) is 5.64. The molecule has 0 radical (unpaired) electrons. The van der Waals surface area contributed by atoms with Gasteiger partial charge in [0.25, 0.3) is 5.91 Å². The highest BCUT2D eigenvalue weighted by Crippen LogP contribution is 2.28. The van der Waals surface area contributed by atoms with E-state index in [1.165, 1.54) is 17.3 Å². The normalized spacial score (nSPS) is 11.4. The van der Waals surface area contributed by atoms with Gasteiger partial charge < -0.3 is 0 Å². The lowest BCUT2D eigenvalue weighted by Gasteiger charge is -2.10. The minimum absolute atomic E-state index is 0.161. The Morgan fingerprint density at radius 3 is 2.52 bits per heavy atom. The number of rotatable bonds is 7. The molecule has 1 heterocycles. The van der Waals surface area contributed by atoms with Gasteiger partial charge in [-0.1, -0.05) is 87.9 Å². The number of hydrogen-bond acceptors (Lipinski definition) is 5. The monoisotopic (exact) mass is 519 g/mol. The number of halogens is 1. The number of amides is 1. The first-order valence-corrected chi connectivity index (χ1v) is 12.1. The number of nitrogens with zero attached hydrogens (tertiary/aromatic N) is 4. The van der Waals surface area contributed by atoms with Crippen LogP contribution in [0, 0.1) is 6.92 Å². The summed E-state index contributed by atoms with van der Waals surface area (Å²) in [6.07, 6.45) is 0. The van der Waals surface area contributed by atoms with Crippen molar-refractivity contribution in [3.63, 3.8) is 0 Å². The lowest BCUT2D eigenvalue weighted by molar-refractivity contribution is -0.118. The number of hydrogen-bond donors (Lipinski definition) is 1. The Bertz CT molecular complexity index is 1290. The lowest BCUT2D eigenvalue weighted by atomic mass is 10.1. The fourth-order valence-electron chi connectivity index (χ4n) is 3.15. The van der Waals surface area contributed by atoms with Gasteiger partial charge in [-0.25, -0.2) is 5.43 Å². The molecule has 0 aliphatic heterocycles. The van der Waals surface area contributed by atoms with E-state index in [-0.39, 0.29) is 11.7 Å². The van der Waals surface area contributed by atoms with Gasteiger partial charge in [0, 0.05) is 15.7 Å². The summed E-state index contributed by atoms with van der Waals surface area (Å²) in [6.45, 7) is 3.90. The van der Waals surface area contributed by atoms with Crippen molar-refractivity contribution in [1.29, 1.82) is 0 Å². The van der Waals surface area contributed by atoms with Gasteiger partial charge in [0.05, 0.1) is 11.5 Å². The lowest BCUT2D eigenvalue weighted by Crippen LogP contribution is -2.21. The molecule has 6 nitrogen and oxygen atoms in total. The quantitative estimate of drug-likeness (QED) is 0.195. The van der Waals surface area contributed by atoms with Gasteiger partial charge in [-0.3, -0.25) is 9.36 Å². The van der Waals surface area contributed by atoms with Crippen LogP contribution in [0.15, 0.2) is 93.6 Å². The second-order valence-corrected chi connectivity index (χ2v) is 9.23. The van der Waals surface area contributed by atoms with Gasteiger partial charge in [0.2, 0.25) is 0 Å². The maximum Gasteiger partial charge on any atom is 0.250 e. The van der Waals surface area contributed by atoms with Gasteiger partial charge >= 0.3 is 0 Å². The van der Waals surface area contributed by atoms with Crippen LogP contribution in [0.5, 0.6) is 0 Å². The minimum Gasteiger partial charge on any atom is -0.272 e. The van der Waals surface area contributed by atoms with E-state index in [2.05, 4.69) is 36.7 Å². The SMILES string of the molecule is C/C(=N\NC(=O)CSc1nnc(-c2ccc(C)cc2)n1-c1ccccc1)c1cccc(Br)c1. The van der Waals surface area contributed by atoms with Crippen molar-refractivity contribution in [2.75, 3.05) is 5.75 Å². The van der Waals surface area contributed by atoms with Crippen molar-refractivity contribution < 1.29 is 4.79 Å². The summed E-state index contributed by atoms with van der Waals surface area (Å²) in [5.41, 5.74) is 7.36. The van der Waals surface area contributed by atoms with Crippen LogP contribution < -0.4 is 5.43 Å². The summed E-state index contributed by atoms with van der Waals surface area (Å²) in [4.78, 5) is 12.5. The molecule has 0 atom stereocenters. The average Bonchev–Trinajstić information content (AvgIpc) is 3.26. The molecule has 166 valence electrons.